The second-order valence-electron chi connectivity index (χ2n) is 3.89. The van der Waals surface area contributed by atoms with Crippen molar-refractivity contribution in [3.05, 3.63) is 23.8 Å². The number of amidine groups is 1. The molecule has 1 aliphatic heterocycles. The van der Waals surface area contributed by atoms with E-state index in [4.69, 9.17) is 16.9 Å². The van der Waals surface area contributed by atoms with Gasteiger partial charge in [-0.05, 0) is 31.0 Å². The summed E-state index contributed by atoms with van der Waals surface area (Å²) in [5.74, 6) is 0.498. The lowest BCUT2D eigenvalue weighted by Crippen LogP contribution is -2.28. The predicted octanol–water partition coefficient (Wildman–Crippen LogP) is 1.27. The van der Waals surface area contributed by atoms with Crippen molar-refractivity contribution in [2.24, 2.45) is 0 Å². The van der Waals surface area contributed by atoms with Crippen LogP contribution in [-0.2, 0) is 0 Å². The van der Waals surface area contributed by atoms with Crippen LogP contribution in [-0.4, -0.2) is 23.8 Å². The monoisotopic (exact) mass is 204 g/mol. The Balaban J connectivity index is 2.27. The van der Waals surface area contributed by atoms with Crippen molar-refractivity contribution >= 4 is 17.2 Å². The molecule has 0 atom stereocenters. The van der Waals surface area contributed by atoms with Crippen LogP contribution in [0.3, 0.4) is 0 Å². The van der Waals surface area contributed by atoms with Gasteiger partial charge in [0.15, 0.2) is 0 Å². The predicted molar refractivity (Wildman–Crippen MR) is 62.9 cm³/mol. The first-order valence-corrected chi connectivity index (χ1v) is 5.17. The topological polar surface area (TPSA) is 79.1 Å². The van der Waals surface area contributed by atoms with Crippen molar-refractivity contribution in [2.75, 3.05) is 24.6 Å². The molecule has 1 fully saturated rings. The molecule has 15 heavy (non-hydrogen) atoms. The highest BCUT2D eigenvalue weighted by atomic mass is 15.2. The van der Waals surface area contributed by atoms with Crippen LogP contribution in [0.25, 0.3) is 0 Å². The van der Waals surface area contributed by atoms with Crippen molar-refractivity contribution in [1.82, 2.24) is 4.90 Å². The van der Waals surface area contributed by atoms with Gasteiger partial charge in [0.1, 0.15) is 5.84 Å². The van der Waals surface area contributed by atoms with E-state index in [1.165, 1.54) is 0 Å². The lowest BCUT2D eigenvalue weighted by atomic mass is 10.1. The van der Waals surface area contributed by atoms with Gasteiger partial charge in [-0.1, -0.05) is 0 Å². The Kier molecular flexibility index (Phi) is 2.49. The molecule has 1 aliphatic rings. The summed E-state index contributed by atoms with van der Waals surface area (Å²) in [4.78, 5) is 2.05. The molecule has 0 aliphatic carbocycles. The number of nitrogens with two attached hydrogens (primary N) is 2. The number of rotatable bonds is 1. The third-order valence-electron chi connectivity index (χ3n) is 2.75. The zero-order valence-corrected chi connectivity index (χ0v) is 8.66. The number of nitrogens with one attached hydrogen (secondary N) is 1. The fraction of sp³-hybridized carbons (Fsp3) is 0.364. The first-order valence-electron chi connectivity index (χ1n) is 5.17. The summed E-state index contributed by atoms with van der Waals surface area (Å²) in [6.07, 6.45) is 2.31. The van der Waals surface area contributed by atoms with E-state index >= 15 is 0 Å². The largest absolute Gasteiger partial charge is 0.399 e. The molecular weight excluding hydrogens is 188 g/mol. The summed E-state index contributed by atoms with van der Waals surface area (Å²) in [5.41, 5.74) is 13.6. The number of nitrogen functional groups attached to an aromatic ring is 2. The van der Waals surface area contributed by atoms with E-state index in [1.54, 1.807) is 18.2 Å². The minimum absolute atomic E-state index is 0.498. The second kappa shape index (κ2) is 3.81. The van der Waals surface area contributed by atoms with Crippen LogP contribution in [0.2, 0.25) is 0 Å². The van der Waals surface area contributed by atoms with Crippen molar-refractivity contribution in [2.45, 2.75) is 12.8 Å². The van der Waals surface area contributed by atoms with Crippen molar-refractivity contribution in [3.8, 4) is 0 Å². The van der Waals surface area contributed by atoms with Gasteiger partial charge in [-0.25, -0.2) is 0 Å². The van der Waals surface area contributed by atoms with Crippen LogP contribution >= 0.6 is 0 Å². The zero-order valence-electron chi connectivity index (χ0n) is 8.66. The highest BCUT2D eigenvalue weighted by molar-refractivity contribution is 6.01. The van der Waals surface area contributed by atoms with E-state index in [-0.39, 0.29) is 0 Å². The van der Waals surface area contributed by atoms with Crippen LogP contribution in [0, 0.1) is 5.41 Å². The van der Waals surface area contributed by atoms with E-state index in [9.17, 15) is 0 Å². The standard InChI is InChI=1S/C11H16N4/c12-8-3-4-10(13)9(7-8)11(14)15-5-1-2-6-15/h3-4,7,14H,1-2,5-6,12-13H2. The Labute approximate surface area is 89.4 Å². The molecular formula is C11H16N4. The van der Waals surface area contributed by atoms with Gasteiger partial charge in [-0.2, -0.15) is 0 Å². The van der Waals surface area contributed by atoms with Crippen molar-refractivity contribution in [1.29, 1.82) is 5.41 Å². The number of nitrogens with zero attached hydrogens (tertiary/aromatic N) is 1. The maximum absolute atomic E-state index is 8.05. The smallest absolute Gasteiger partial charge is 0.130 e. The lowest BCUT2D eigenvalue weighted by Gasteiger charge is -2.19. The van der Waals surface area contributed by atoms with Crippen LogP contribution < -0.4 is 11.5 Å². The normalized spacial score (nSPS) is 15.6. The fourth-order valence-corrected chi connectivity index (χ4v) is 1.89. The molecule has 0 radical (unpaired) electrons. The van der Waals surface area contributed by atoms with E-state index < -0.39 is 0 Å². The summed E-state index contributed by atoms with van der Waals surface area (Å²) in [7, 11) is 0. The Morgan fingerprint density at radius 3 is 2.53 bits per heavy atom. The van der Waals surface area contributed by atoms with E-state index in [2.05, 4.69) is 0 Å². The second-order valence-corrected chi connectivity index (χ2v) is 3.89. The molecule has 1 aromatic rings. The van der Waals surface area contributed by atoms with Crippen LogP contribution in [0.1, 0.15) is 18.4 Å². The summed E-state index contributed by atoms with van der Waals surface area (Å²) < 4.78 is 0. The molecule has 5 N–H and O–H groups in total. The molecule has 2 rings (SSSR count). The maximum atomic E-state index is 8.05. The molecule has 0 bridgehead atoms. The Morgan fingerprint density at radius 2 is 1.87 bits per heavy atom. The van der Waals surface area contributed by atoms with Crippen molar-refractivity contribution in [3.63, 3.8) is 0 Å². The maximum Gasteiger partial charge on any atom is 0.130 e. The lowest BCUT2D eigenvalue weighted by molar-refractivity contribution is 0.517. The number of hydrogen-bond acceptors (Lipinski definition) is 3. The Morgan fingerprint density at radius 1 is 1.20 bits per heavy atom. The summed E-state index contributed by atoms with van der Waals surface area (Å²) in [6.45, 7) is 1.90. The molecule has 1 aromatic carbocycles. The van der Waals surface area contributed by atoms with Gasteiger partial charge in [-0.3, -0.25) is 5.41 Å². The highest BCUT2D eigenvalue weighted by Gasteiger charge is 2.17. The van der Waals surface area contributed by atoms with Crippen LogP contribution in [0.4, 0.5) is 11.4 Å². The van der Waals surface area contributed by atoms with Gasteiger partial charge < -0.3 is 16.4 Å². The molecule has 0 spiro atoms. The summed E-state index contributed by atoms with van der Waals surface area (Å²) in [5, 5.41) is 8.05. The SMILES string of the molecule is N=C(c1cc(N)ccc1N)N1CCCC1. The third-order valence-corrected chi connectivity index (χ3v) is 2.75. The molecule has 0 aromatic heterocycles. The molecule has 0 unspecified atom stereocenters. The van der Waals surface area contributed by atoms with Crippen molar-refractivity contribution < 1.29 is 0 Å². The van der Waals surface area contributed by atoms with Gasteiger partial charge in [0.05, 0.1) is 0 Å². The van der Waals surface area contributed by atoms with Gasteiger partial charge in [-0.15, -0.1) is 0 Å². The van der Waals surface area contributed by atoms with E-state index in [0.717, 1.165) is 31.5 Å². The van der Waals surface area contributed by atoms with E-state index in [0.29, 0.717) is 17.2 Å². The summed E-state index contributed by atoms with van der Waals surface area (Å²) in [6, 6.07) is 5.29. The first-order chi connectivity index (χ1) is 7.18. The van der Waals surface area contributed by atoms with Crippen LogP contribution in [0.5, 0.6) is 0 Å². The average molecular weight is 204 g/mol. The first kappa shape index (κ1) is 9.83. The van der Waals surface area contributed by atoms with Gasteiger partial charge in [0, 0.05) is 30.0 Å². The number of hydrogen-bond donors (Lipinski definition) is 3. The minimum atomic E-state index is 0.498. The number of anilines is 2. The van der Waals surface area contributed by atoms with Crippen LogP contribution in [0.15, 0.2) is 18.2 Å². The van der Waals surface area contributed by atoms with E-state index in [1.807, 2.05) is 4.90 Å². The molecule has 4 heteroatoms. The molecule has 4 nitrogen and oxygen atoms in total. The van der Waals surface area contributed by atoms with Gasteiger partial charge in [0.25, 0.3) is 0 Å². The summed E-state index contributed by atoms with van der Waals surface area (Å²) >= 11 is 0. The highest BCUT2D eigenvalue weighted by Crippen LogP contribution is 2.20. The minimum Gasteiger partial charge on any atom is -0.399 e. The van der Waals surface area contributed by atoms with Gasteiger partial charge >= 0.3 is 0 Å². The Hall–Kier alpha value is -1.71. The molecule has 0 amide bonds. The third kappa shape index (κ3) is 1.88. The quantitative estimate of drug-likeness (QED) is 0.366. The molecule has 80 valence electrons. The average Bonchev–Trinajstić information content (AvgIpc) is 2.74. The zero-order chi connectivity index (χ0) is 10.8. The number of benzene rings is 1. The fourth-order valence-electron chi connectivity index (χ4n) is 1.89. The molecule has 0 saturated carbocycles. The molecule has 1 saturated heterocycles. The Bertz CT molecular complexity index is 380. The number of likely N-dealkylation sites (tertiary alicyclic amines) is 1. The molecule has 1 heterocycles. The van der Waals surface area contributed by atoms with Gasteiger partial charge in [0.2, 0.25) is 0 Å².